The maximum Gasteiger partial charge on any atom is 0.257 e. The van der Waals surface area contributed by atoms with Crippen LogP contribution in [0, 0.1) is 11.8 Å². The Morgan fingerprint density at radius 3 is 2.71 bits per heavy atom. The Morgan fingerprint density at radius 2 is 2.04 bits per heavy atom. The van der Waals surface area contributed by atoms with Gasteiger partial charge in [-0.25, -0.2) is 0 Å². The number of hydrogen-bond donors (Lipinski definition) is 1. The van der Waals surface area contributed by atoms with Crippen molar-refractivity contribution in [2.75, 3.05) is 19.7 Å². The molecule has 24 heavy (non-hydrogen) atoms. The fraction of sp³-hybridized carbons (Fsp3) is 0.667. The minimum absolute atomic E-state index is 0.0458. The van der Waals surface area contributed by atoms with Gasteiger partial charge < -0.3 is 19.8 Å². The summed E-state index contributed by atoms with van der Waals surface area (Å²) in [5.74, 6) is 0.677. The number of carbonyl (C=O) groups is 2. The van der Waals surface area contributed by atoms with Crippen molar-refractivity contribution < 1.29 is 18.7 Å². The highest BCUT2D eigenvalue weighted by atomic mass is 16.5. The second kappa shape index (κ2) is 7.38. The SMILES string of the molecule is CCCc1occc1C(=O)N1CCC([C@H]2OCC[C@@H]2C(N)=O)CC1. The first-order chi connectivity index (χ1) is 11.6. The Bertz CT molecular complexity index is 590. The van der Waals surface area contributed by atoms with Crippen molar-refractivity contribution in [2.24, 2.45) is 17.6 Å². The maximum absolute atomic E-state index is 12.7. The molecule has 0 bridgehead atoms. The van der Waals surface area contributed by atoms with Crippen molar-refractivity contribution in [1.82, 2.24) is 4.90 Å². The van der Waals surface area contributed by atoms with Gasteiger partial charge in [0.1, 0.15) is 5.76 Å². The third kappa shape index (κ3) is 3.34. The monoisotopic (exact) mass is 334 g/mol. The van der Waals surface area contributed by atoms with E-state index < -0.39 is 0 Å². The summed E-state index contributed by atoms with van der Waals surface area (Å²) in [5.41, 5.74) is 6.17. The first-order valence-corrected chi connectivity index (χ1v) is 8.88. The number of ether oxygens (including phenoxy) is 1. The van der Waals surface area contributed by atoms with E-state index >= 15 is 0 Å². The van der Waals surface area contributed by atoms with E-state index in [-0.39, 0.29) is 23.8 Å². The molecular formula is C18H26N2O4. The largest absolute Gasteiger partial charge is 0.469 e. The van der Waals surface area contributed by atoms with E-state index in [1.54, 1.807) is 12.3 Å². The predicted molar refractivity (Wildman–Crippen MR) is 88.4 cm³/mol. The number of primary amides is 1. The van der Waals surface area contributed by atoms with Crippen LogP contribution < -0.4 is 5.73 Å². The van der Waals surface area contributed by atoms with Gasteiger partial charge in [0.25, 0.3) is 5.91 Å². The van der Waals surface area contributed by atoms with E-state index in [1.165, 1.54) is 0 Å². The van der Waals surface area contributed by atoms with Crippen LogP contribution in [-0.2, 0) is 16.0 Å². The van der Waals surface area contributed by atoms with Crippen LogP contribution in [0.5, 0.6) is 0 Å². The zero-order chi connectivity index (χ0) is 17.1. The zero-order valence-corrected chi connectivity index (χ0v) is 14.2. The Kier molecular flexibility index (Phi) is 5.23. The Morgan fingerprint density at radius 1 is 1.29 bits per heavy atom. The number of carbonyl (C=O) groups excluding carboxylic acids is 2. The molecule has 2 amide bonds. The standard InChI is InChI=1S/C18H26N2O4/c1-2-3-15-13(6-10-23-15)18(22)20-8-4-12(5-9-20)16-14(17(19)21)7-11-24-16/h6,10,12,14,16H,2-5,7-9,11H2,1H3,(H2,19,21)/t14-,16+/m0/s1. The molecule has 0 aliphatic carbocycles. The lowest BCUT2D eigenvalue weighted by atomic mass is 9.84. The molecular weight excluding hydrogens is 308 g/mol. The molecule has 3 heterocycles. The van der Waals surface area contributed by atoms with Gasteiger partial charge in [0.15, 0.2) is 0 Å². The summed E-state index contributed by atoms with van der Waals surface area (Å²) in [7, 11) is 0. The number of rotatable bonds is 5. The fourth-order valence-corrected chi connectivity index (χ4v) is 3.93. The molecule has 2 saturated heterocycles. The van der Waals surface area contributed by atoms with E-state index in [2.05, 4.69) is 6.92 Å². The van der Waals surface area contributed by atoms with E-state index in [0.717, 1.165) is 31.4 Å². The summed E-state index contributed by atoms with van der Waals surface area (Å²) >= 11 is 0. The van der Waals surface area contributed by atoms with Gasteiger partial charge in [-0.15, -0.1) is 0 Å². The van der Waals surface area contributed by atoms with Crippen LogP contribution in [0.15, 0.2) is 16.7 Å². The van der Waals surface area contributed by atoms with Gasteiger partial charge in [0.2, 0.25) is 5.91 Å². The smallest absolute Gasteiger partial charge is 0.257 e. The second-order valence-electron chi connectivity index (χ2n) is 6.77. The predicted octanol–water partition coefficient (Wildman–Crippen LogP) is 1.97. The lowest BCUT2D eigenvalue weighted by Gasteiger charge is -2.35. The third-order valence-corrected chi connectivity index (χ3v) is 5.25. The minimum Gasteiger partial charge on any atom is -0.469 e. The van der Waals surface area contributed by atoms with Gasteiger partial charge in [0, 0.05) is 26.1 Å². The maximum atomic E-state index is 12.7. The third-order valence-electron chi connectivity index (χ3n) is 5.25. The highest BCUT2D eigenvalue weighted by Crippen LogP contribution is 2.33. The zero-order valence-electron chi connectivity index (χ0n) is 14.2. The Balaban J connectivity index is 1.59. The van der Waals surface area contributed by atoms with Crippen LogP contribution in [0.25, 0.3) is 0 Å². The molecule has 6 heteroatoms. The molecule has 2 N–H and O–H groups in total. The van der Waals surface area contributed by atoms with Crippen molar-refractivity contribution in [3.8, 4) is 0 Å². The van der Waals surface area contributed by atoms with Crippen LogP contribution >= 0.6 is 0 Å². The van der Waals surface area contributed by atoms with E-state index in [1.807, 2.05) is 4.90 Å². The Labute approximate surface area is 142 Å². The van der Waals surface area contributed by atoms with E-state index in [9.17, 15) is 9.59 Å². The van der Waals surface area contributed by atoms with Crippen LogP contribution in [-0.4, -0.2) is 42.5 Å². The number of hydrogen-bond acceptors (Lipinski definition) is 4. The van der Waals surface area contributed by atoms with Crippen molar-refractivity contribution in [2.45, 2.75) is 45.1 Å². The molecule has 132 valence electrons. The molecule has 0 radical (unpaired) electrons. The molecule has 1 aromatic heterocycles. The van der Waals surface area contributed by atoms with Crippen molar-refractivity contribution in [1.29, 1.82) is 0 Å². The van der Waals surface area contributed by atoms with Crippen LogP contribution in [0.3, 0.4) is 0 Å². The van der Waals surface area contributed by atoms with Gasteiger partial charge in [-0.3, -0.25) is 9.59 Å². The molecule has 6 nitrogen and oxygen atoms in total. The van der Waals surface area contributed by atoms with Gasteiger partial charge >= 0.3 is 0 Å². The van der Waals surface area contributed by atoms with Gasteiger partial charge in [-0.1, -0.05) is 6.92 Å². The van der Waals surface area contributed by atoms with Crippen molar-refractivity contribution in [3.63, 3.8) is 0 Å². The fourth-order valence-electron chi connectivity index (χ4n) is 3.93. The molecule has 2 aliphatic heterocycles. The summed E-state index contributed by atoms with van der Waals surface area (Å²) in [5, 5.41) is 0. The number of amides is 2. The first kappa shape index (κ1) is 17.0. The molecule has 0 saturated carbocycles. The molecule has 0 unspecified atom stereocenters. The quantitative estimate of drug-likeness (QED) is 0.892. The summed E-state index contributed by atoms with van der Waals surface area (Å²) in [4.78, 5) is 26.2. The number of aryl methyl sites for hydroxylation is 1. The average molecular weight is 334 g/mol. The first-order valence-electron chi connectivity index (χ1n) is 8.88. The van der Waals surface area contributed by atoms with Gasteiger partial charge in [0.05, 0.1) is 23.8 Å². The van der Waals surface area contributed by atoms with Crippen molar-refractivity contribution >= 4 is 11.8 Å². The Hall–Kier alpha value is -1.82. The highest BCUT2D eigenvalue weighted by molar-refractivity contribution is 5.95. The lowest BCUT2D eigenvalue weighted by Crippen LogP contribution is -2.44. The number of likely N-dealkylation sites (tertiary alicyclic amines) is 1. The normalized spacial score (nSPS) is 25.1. The molecule has 2 atom stereocenters. The van der Waals surface area contributed by atoms with E-state index in [4.69, 9.17) is 14.9 Å². The molecule has 0 aromatic carbocycles. The van der Waals surface area contributed by atoms with Crippen molar-refractivity contribution in [3.05, 3.63) is 23.7 Å². The lowest BCUT2D eigenvalue weighted by molar-refractivity contribution is -0.124. The molecule has 2 aliphatic rings. The minimum atomic E-state index is -0.265. The molecule has 0 spiro atoms. The van der Waals surface area contributed by atoms with Gasteiger partial charge in [-0.05, 0) is 37.7 Å². The molecule has 3 rings (SSSR count). The summed E-state index contributed by atoms with van der Waals surface area (Å²) < 4.78 is 11.2. The number of nitrogens with two attached hydrogens (primary N) is 1. The van der Waals surface area contributed by atoms with Crippen LogP contribution in [0.2, 0.25) is 0 Å². The summed E-state index contributed by atoms with van der Waals surface area (Å²) in [6.07, 6.45) is 5.65. The molecule has 1 aromatic rings. The molecule has 2 fully saturated rings. The van der Waals surface area contributed by atoms with Gasteiger partial charge in [-0.2, -0.15) is 0 Å². The number of nitrogens with zero attached hydrogens (tertiary/aromatic N) is 1. The van der Waals surface area contributed by atoms with Crippen LogP contribution in [0.4, 0.5) is 0 Å². The van der Waals surface area contributed by atoms with Crippen LogP contribution in [0.1, 0.15) is 48.7 Å². The summed E-state index contributed by atoms with van der Waals surface area (Å²) in [6, 6.07) is 1.77. The average Bonchev–Trinajstić information content (AvgIpc) is 3.24. The topological polar surface area (TPSA) is 85.8 Å². The summed E-state index contributed by atoms with van der Waals surface area (Å²) in [6.45, 7) is 4.04. The highest BCUT2D eigenvalue weighted by Gasteiger charge is 2.40. The number of piperidine rings is 1. The number of furan rings is 1. The second-order valence-corrected chi connectivity index (χ2v) is 6.77. The van der Waals surface area contributed by atoms with E-state index in [0.29, 0.717) is 37.6 Å².